The molecule has 5 N–H and O–H groups in total. The molecule has 0 aliphatic carbocycles. The molecule has 0 radical (unpaired) electrons. The lowest BCUT2D eigenvalue weighted by Gasteiger charge is -2.10. The van der Waals surface area contributed by atoms with E-state index in [1.54, 1.807) is 0 Å². The summed E-state index contributed by atoms with van der Waals surface area (Å²) in [4.78, 5) is -0.325. The molecule has 1 rings (SSSR count). The second kappa shape index (κ2) is 4.23. The van der Waals surface area contributed by atoms with Gasteiger partial charge in [-0.05, 0) is 12.1 Å². The maximum absolute atomic E-state index is 13.3. The Balaban J connectivity index is 3.20. The van der Waals surface area contributed by atoms with Crippen LogP contribution in [0.5, 0.6) is 0 Å². The molecule has 1 aromatic carbocycles. The van der Waals surface area contributed by atoms with Crippen LogP contribution in [0.4, 0.5) is 4.39 Å². The first-order valence-corrected chi connectivity index (χ1v) is 5.59. The second-order valence-corrected chi connectivity index (χ2v) is 4.58. The predicted octanol–water partition coefficient (Wildman–Crippen LogP) is -0.535. The molecule has 0 amide bonds. The monoisotopic (exact) mass is 234 g/mol. The topological polar surface area (TPSA) is 106 Å². The van der Waals surface area contributed by atoms with Crippen molar-refractivity contribution in [3.63, 3.8) is 0 Å². The highest BCUT2D eigenvalue weighted by Gasteiger charge is 2.14. The first kappa shape index (κ1) is 12.1. The number of halogens is 1. The highest BCUT2D eigenvalue weighted by Crippen LogP contribution is 2.18. The molecule has 0 saturated heterocycles. The Hall–Kier alpha value is -1.02. The second-order valence-electron chi connectivity index (χ2n) is 3.02. The molecular formula is C8H11FN2O3S. The standard InChI is InChI=1S/C8H11FN2O3S/c9-7-3-5(15(11,13)14)1-2-6(7)8(10)4-12/h1-3,8,12H,4,10H2,(H2,11,13,14)/t8-/m0/s1. The van der Waals surface area contributed by atoms with Crippen LogP contribution in [-0.4, -0.2) is 20.1 Å². The minimum atomic E-state index is -3.92. The van der Waals surface area contributed by atoms with Crippen LogP contribution in [0.1, 0.15) is 11.6 Å². The Morgan fingerprint density at radius 3 is 2.47 bits per heavy atom. The normalized spacial score (nSPS) is 13.9. The van der Waals surface area contributed by atoms with Gasteiger partial charge in [-0.2, -0.15) is 0 Å². The number of sulfonamides is 1. The molecule has 84 valence electrons. The molecule has 1 atom stereocenters. The highest BCUT2D eigenvalue weighted by atomic mass is 32.2. The lowest BCUT2D eigenvalue weighted by atomic mass is 10.1. The van der Waals surface area contributed by atoms with Gasteiger partial charge in [-0.25, -0.2) is 17.9 Å². The first-order chi connectivity index (χ1) is 6.86. The largest absolute Gasteiger partial charge is 0.394 e. The summed E-state index contributed by atoms with van der Waals surface area (Å²) < 4.78 is 35.0. The Morgan fingerprint density at radius 1 is 1.47 bits per heavy atom. The van der Waals surface area contributed by atoms with Gasteiger partial charge in [0.1, 0.15) is 5.82 Å². The summed E-state index contributed by atoms with van der Waals surface area (Å²) in [6, 6.07) is 2.24. The average Bonchev–Trinajstić information content (AvgIpc) is 2.15. The van der Waals surface area contributed by atoms with Gasteiger partial charge in [0.2, 0.25) is 10.0 Å². The Labute approximate surface area is 86.6 Å². The Morgan fingerprint density at radius 2 is 2.07 bits per heavy atom. The molecule has 0 aliphatic rings. The highest BCUT2D eigenvalue weighted by molar-refractivity contribution is 7.89. The van der Waals surface area contributed by atoms with Gasteiger partial charge in [-0.15, -0.1) is 0 Å². The summed E-state index contributed by atoms with van der Waals surface area (Å²) in [5.41, 5.74) is 5.43. The van der Waals surface area contributed by atoms with E-state index >= 15 is 0 Å². The zero-order valence-electron chi connectivity index (χ0n) is 7.72. The number of primary sulfonamides is 1. The number of hydrogen-bond acceptors (Lipinski definition) is 4. The predicted molar refractivity (Wildman–Crippen MR) is 51.8 cm³/mol. The van der Waals surface area contributed by atoms with Crippen molar-refractivity contribution in [2.75, 3.05) is 6.61 Å². The van der Waals surface area contributed by atoms with E-state index in [0.29, 0.717) is 0 Å². The molecule has 0 heterocycles. The van der Waals surface area contributed by atoms with Crippen LogP contribution in [0.2, 0.25) is 0 Å². The average molecular weight is 234 g/mol. The third-order valence-electron chi connectivity index (χ3n) is 1.90. The number of hydrogen-bond donors (Lipinski definition) is 3. The molecule has 0 aliphatic heterocycles. The molecule has 0 fully saturated rings. The fraction of sp³-hybridized carbons (Fsp3) is 0.250. The number of rotatable bonds is 3. The van der Waals surface area contributed by atoms with Crippen molar-refractivity contribution in [1.29, 1.82) is 0 Å². The van der Waals surface area contributed by atoms with Gasteiger partial charge in [0.25, 0.3) is 0 Å². The Bertz CT molecular complexity index is 461. The Kier molecular flexibility index (Phi) is 3.40. The van der Waals surface area contributed by atoms with E-state index in [2.05, 4.69) is 0 Å². The summed E-state index contributed by atoms with van der Waals surface area (Å²) in [5, 5.41) is 13.5. The maximum Gasteiger partial charge on any atom is 0.238 e. The number of aliphatic hydroxyl groups excluding tert-OH is 1. The molecule has 0 bridgehead atoms. The number of benzene rings is 1. The maximum atomic E-state index is 13.3. The van der Waals surface area contributed by atoms with Crippen LogP contribution in [-0.2, 0) is 10.0 Å². The van der Waals surface area contributed by atoms with Crippen LogP contribution in [0, 0.1) is 5.82 Å². The molecule has 5 nitrogen and oxygen atoms in total. The molecule has 7 heteroatoms. The molecule has 0 saturated carbocycles. The van der Waals surface area contributed by atoms with Crippen LogP contribution < -0.4 is 10.9 Å². The SMILES string of the molecule is N[C@@H](CO)c1ccc(S(N)(=O)=O)cc1F. The summed E-state index contributed by atoms with van der Waals surface area (Å²) >= 11 is 0. The van der Waals surface area contributed by atoms with E-state index in [0.717, 1.165) is 12.1 Å². The smallest absolute Gasteiger partial charge is 0.238 e. The van der Waals surface area contributed by atoms with Gasteiger partial charge >= 0.3 is 0 Å². The van der Waals surface area contributed by atoms with Crippen LogP contribution >= 0.6 is 0 Å². The lowest BCUT2D eigenvalue weighted by Crippen LogP contribution is -2.17. The van der Waals surface area contributed by atoms with E-state index in [1.165, 1.54) is 6.07 Å². The van der Waals surface area contributed by atoms with Crippen molar-refractivity contribution in [2.45, 2.75) is 10.9 Å². The van der Waals surface area contributed by atoms with Gasteiger partial charge < -0.3 is 10.8 Å². The molecular weight excluding hydrogens is 223 g/mol. The van der Waals surface area contributed by atoms with E-state index in [4.69, 9.17) is 16.0 Å². The molecule has 0 spiro atoms. The van der Waals surface area contributed by atoms with Gasteiger partial charge in [0.15, 0.2) is 0 Å². The van der Waals surface area contributed by atoms with Gasteiger partial charge in [-0.1, -0.05) is 6.07 Å². The first-order valence-electron chi connectivity index (χ1n) is 4.05. The van der Waals surface area contributed by atoms with Crippen LogP contribution in [0.25, 0.3) is 0 Å². The van der Waals surface area contributed by atoms with Crippen molar-refractivity contribution in [3.8, 4) is 0 Å². The molecule has 1 aromatic rings. The van der Waals surface area contributed by atoms with Gasteiger partial charge in [0.05, 0.1) is 17.5 Å². The zero-order chi connectivity index (χ0) is 11.6. The zero-order valence-corrected chi connectivity index (χ0v) is 8.54. The van der Waals surface area contributed by atoms with Crippen molar-refractivity contribution in [2.24, 2.45) is 10.9 Å². The minimum Gasteiger partial charge on any atom is -0.394 e. The lowest BCUT2D eigenvalue weighted by molar-refractivity contribution is 0.265. The fourth-order valence-corrected chi connectivity index (χ4v) is 1.61. The summed E-state index contributed by atoms with van der Waals surface area (Å²) in [6.07, 6.45) is 0. The van der Waals surface area contributed by atoms with Crippen molar-refractivity contribution in [3.05, 3.63) is 29.6 Å². The third-order valence-corrected chi connectivity index (χ3v) is 2.81. The third kappa shape index (κ3) is 2.72. The minimum absolute atomic E-state index is 0.0462. The van der Waals surface area contributed by atoms with E-state index in [9.17, 15) is 12.8 Å². The summed E-state index contributed by atoms with van der Waals surface area (Å²) in [7, 11) is -3.92. The summed E-state index contributed by atoms with van der Waals surface area (Å²) in [5.74, 6) is -0.803. The van der Waals surface area contributed by atoms with E-state index in [-0.39, 0.29) is 10.5 Å². The van der Waals surface area contributed by atoms with Gasteiger partial charge in [0, 0.05) is 5.56 Å². The number of aliphatic hydroxyl groups is 1. The van der Waals surface area contributed by atoms with Crippen LogP contribution in [0.15, 0.2) is 23.1 Å². The number of nitrogens with two attached hydrogens (primary N) is 2. The van der Waals surface area contributed by atoms with Crippen molar-refractivity contribution in [1.82, 2.24) is 0 Å². The molecule has 0 unspecified atom stereocenters. The fourth-order valence-electron chi connectivity index (χ4n) is 1.08. The van der Waals surface area contributed by atoms with E-state index < -0.39 is 28.5 Å². The van der Waals surface area contributed by atoms with Crippen molar-refractivity contribution < 1.29 is 17.9 Å². The quantitative estimate of drug-likeness (QED) is 0.653. The molecule has 0 aromatic heterocycles. The molecule has 15 heavy (non-hydrogen) atoms. The summed E-state index contributed by atoms with van der Waals surface area (Å²) in [6.45, 7) is -0.425. The van der Waals surface area contributed by atoms with Crippen molar-refractivity contribution >= 4 is 10.0 Å². The van der Waals surface area contributed by atoms with Crippen LogP contribution in [0.3, 0.4) is 0 Å². The van der Waals surface area contributed by atoms with E-state index in [1.807, 2.05) is 0 Å². The van der Waals surface area contributed by atoms with Gasteiger partial charge in [-0.3, -0.25) is 0 Å².